The molecule has 1 heterocycles. The third-order valence-electron chi connectivity index (χ3n) is 4.96. The van der Waals surface area contributed by atoms with Gasteiger partial charge < -0.3 is 4.90 Å². The molecule has 0 N–H and O–H groups in total. The van der Waals surface area contributed by atoms with Crippen LogP contribution in [0.15, 0.2) is 11.6 Å². The van der Waals surface area contributed by atoms with Crippen LogP contribution >= 0.6 is 0 Å². The average Bonchev–Trinajstić information content (AvgIpc) is 2.41. The number of ketones is 1. The maximum absolute atomic E-state index is 13.3. The van der Waals surface area contributed by atoms with Crippen molar-refractivity contribution in [3.8, 4) is 6.07 Å². The number of likely N-dealkylation sites (tertiary alicyclic amines) is 1. The molecule has 1 fully saturated rings. The largest absolute Gasteiger partial charge is 0.339 e. The van der Waals surface area contributed by atoms with Gasteiger partial charge in [0.25, 0.3) is 5.91 Å². The van der Waals surface area contributed by atoms with Gasteiger partial charge in [-0.2, -0.15) is 5.26 Å². The van der Waals surface area contributed by atoms with E-state index >= 15 is 0 Å². The van der Waals surface area contributed by atoms with Gasteiger partial charge in [-0.15, -0.1) is 0 Å². The summed E-state index contributed by atoms with van der Waals surface area (Å²) in [5, 5.41) is 9.18. The molecule has 2 rings (SSSR count). The molecule has 4 nitrogen and oxygen atoms in total. The van der Waals surface area contributed by atoms with Gasteiger partial charge in [-0.1, -0.05) is 26.8 Å². The summed E-state index contributed by atoms with van der Waals surface area (Å²) in [6.45, 7) is 7.72. The average molecular weight is 292 g/mol. The summed E-state index contributed by atoms with van der Waals surface area (Å²) in [5.41, 5.74) is -0.947. The highest BCUT2D eigenvalue weighted by Crippen LogP contribution is 2.51. The van der Waals surface area contributed by atoms with E-state index in [0.717, 1.165) is 0 Å². The van der Waals surface area contributed by atoms with Crippen LogP contribution in [0.4, 0.5) is 4.39 Å². The SMILES string of the molecule is C[C@H](F)C(=O)N1CC[C@@H]2C(C)(C)C(=O)C(C#N)=C[C@@]2(C)C1. The van der Waals surface area contributed by atoms with Gasteiger partial charge in [0.1, 0.15) is 6.07 Å². The van der Waals surface area contributed by atoms with Crippen LogP contribution in [0.25, 0.3) is 0 Å². The molecule has 0 aromatic heterocycles. The normalized spacial score (nSPS) is 32.8. The number of hydrogen-bond acceptors (Lipinski definition) is 3. The standard InChI is InChI=1S/C16H21FN2O2/c1-10(17)14(21)19-6-5-12-15(2,3)13(20)11(8-18)7-16(12,4)9-19/h7,10,12H,5-6,9H2,1-4H3/t10-,12+,16-/m0/s1. The fraction of sp³-hybridized carbons (Fsp3) is 0.688. The van der Waals surface area contributed by atoms with Crippen molar-refractivity contribution in [2.45, 2.75) is 40.3 Å². The van der Waals surface area contributed by atoms with Crippen molar-refractivity contribution in [2.24, 2.45) is 16.7 Å². The Morgan fingerprint density at radius 2 is 2.14 bits per heavy atom. The van der Waals surface area contributed by atoms with Crippen molar-refractivity contribution >= 4 is 11.7 Å². The Morgan fingerprint density at radius 1 is 1.52 bits per heavy atom. The van der Waals surface area contributed by atoms with Crippen LogP contribution < -0.4 is 0 Å². The molecule has 0 aromatic carbocycles. The van der Waals surface area contributed by atoms with Gasteiger partial charge in [-0.25, -0.2) is 4.39 Å². The summed E-state index contributed by atoms with van der Waals surface area (Å²) in [4.78, 5) is 25.8. The Labute approximate surface area is 124 Å². The van der Waals surface area contributed by atoms with Crippen molar-refractivity contribution in [1.82, 2.24) is 4.90 Å². The number of halogens is 1. The first-order valence-electron chi connectivity index (χ1n) is 7.24. The summed E-state index contributed by atoms with van der Waals surface area (Å²) in [6, 6.07) is 1.97. The highest BCUT2D eigenvalue weighted by atomic mass is 19.1. The van der Waals surface area contributed by atoms with Crippen molar-refractivity contribution in [2.75, 3.05) is 13.1 Å². The Balaban J connectivity index is 2.40. The molecule has 114 valence electrons. The highest BCUT2D eigenvalue weighted by molar-refractivity contribution is 6.04. The molecule has 2 aliphatic rings. The number of nitriles is 1. The van der Waals surface area contributed by atoms with Crippen LogP contribution in [0.3, 0.4) is 0 Å². The maximum Gasteiger partial charge on any atom is 0.256 e. The number of Topliss-reactive ketones (excluding diaryl/α,β-unsaturated/α-hetero) is 1. The second-order valence-electron chi connectivity index (χ2n) is 6.94. The molecule has 1 amide bonds. The molecule has 1 aliphatic heterocycles. The van der Waals surface area contributed by atoms with E-state index in [4.69, 9.17) is 0 Å². The minimum atomic E-state index is -1.53. The molecule has 1 aliphatic carbocycles. The first kappa shape index (κ1) is 15.7. The van der Waals surface area contributed by atoms with Gasteiger partial charge in [-0.05, 0) is 19.3 Å². The zero-order valence-corrected chi connectivity index (χ0v) is 12.9. The van der Waals surface area contributed by atoms with E-state index in [1.54, 1.807) is 6.08 Å². The Hall–Kier alpha value is -1.70. The number of amides is 1. The highest BCUT2D eigenvalue weighted by Gasteiger charge is 2.53. The van der Waals surface area contributed by atoms with E-state index in [-0.39, 0.29) is 17.3 Å². The fourth-order valence-corrected chi connectivity index (χ4v) is 3.97. The summed E-state index contributed by atoms with van der Waals surface area (Å²) >= 11 is 0. The number of piperidine rings is 1. The zero-order chi connectivity index (χ0) is 16.0. The number of fused-ring (bicyclic) bond motifs is 1. The number of alkyl halides is 1. The van der Waals surface area contributed by atoms with Crippen LogP contribution in [0.5, 0.6) is 0 Å². The Bertz CT molecular complexity index is 559. The van der Waals surface area contributed by atoms with Crippen LogP contribution in [0.1, 0.15) is 34.1 Å². The molecular formula is C16H21FN2O2. The van der Waals surface area contributed by atoms with Crippen LogP contribution in [-0.2, 0) is 9.59 Å². The molecule has 1 saturated heterocycles. The smallest absolute Gasteiger partial charge is 0.256 e. The van der Waals surface area contributed by atoms with E-state index in [2.05, 4.69) is 0 Å². The molecule has 0 spiro atoms. The van der Waals surface area contributed by atoms with Crippen molar-refractivity contribution in [1.29, 1.82) is 5.26 Å². The van der Waals surface area contributed by atoms with Crippen molar-refractivity contribution in [3.05, 3.63) is 11.6 Å². The number of nitrogens with zero attached hydrogens (tertiary/aromatic N) is 2. The van der Waals surface area contributed by atoms with E-state index < -0.39 is 22.9 Å². The number of hydrogen-bond donors (Lipinski definition) is 0. The molecular weight excluding hydrogens is 271 g/mol. The van der Waals surface area contributed by atoms with Gasteiger partial charge in [0.05, 0.1) is 5.57 Å². The predicted octanol–water partition coefficient (Wildman–Crippen LogP) is 2.26. The molecule has 3 atom stereocenters. The fourth-order valence-electron chi connectivity index (χ4n) is 3.97. The number of carbonyl (C=O) groups excluding carboxylic acids is 2. The predicted molar refractivity (Wildman–Crippen MR) is 75.8 cm³/mol. The van der Waals surface area contributed by atoms with Crippen molar-refractivity contribution in [3.63, 3.8) is 0 Å². The van der Waals surface area contributed by atoms with E-state index in [0.29, 0.717) is 19.5 Å². The molecule has 0 saturated carbocycles. The van der Waals surface area contributed by atoms with Crippen LogP contribution in [-0.4, -0.2) is 35.9 Å². The third-order valence-corrected chi connectivity index (χ3v) is 4.96. The number of carbonyl (C=O) groups is 2. The topological polar surface area (TPSA) is 61.2 Å². The van der Waals surface area contributed by atoms with Gasteiger partial charge in [0, 0.05) is 23.9 Å². The third kappa shape index (κ3) is 2.37. The first-order chi connectivity index (χ1) is 9.63. The molecule has 5 heteroatoms. The van der Waals surface area contributed by atoms with E-state index in [9.17, 15) is 19.2 Å². The Kier molecular flexibility index (Phi) is 3.69. The quantitative estimate of drug-likeness (QED) is 0.744. The monoisotopic (exact) mass is 292 g/mol. The van der Waals surface area contributed by atoms with Gasteiger partial charge in [0.2, 0.25) is 0 Å². The summed E-state index contributed by atoms with van der Waals surface area (Å²) in [6.07, 6.45) is 0.805. The van der Waals surface area contributed by atoms with E-state index in [1.807, 2.05) is 26.8 Å². The Morgan fingerprint density at radius 3 is 2.67 bits per heavy atom. The minimum Gasteiger partial charge on any atom is -0.339 e. The lowest BCUT2D eigenvalue weighted by Gasteiger charge is -2.53. The molecule has 0 bridgehead atoms. The van der Waals surface area contributed by atoms with Crippen LogP contribution in [0.2, 0.25) is 0 Å². The molecule has 0 radical (unpaired) electrons. The second-order valence-corrected chi connectivity index (χ2v) is 6.94. The van der Waals surface area contributed by atoms with Gasteiger partial charge in [-0.3, -0.25) is 9.59 Å². The molecule has 0 aromatic rings. The summed E-state index contributed by atoms with van der Waals surface area (Å²) in [5.74, 6) is -0.601. The summed E-state index contributed by atoms with van der Waals surface area (Å²) in [7, 11) is 0. The lowest BCUT2D eigenvalue weighted by Crippen LogP contribution is -2.57. The zero-order valence-electron chi connectivity index (χ0n) is 12.9. The lowest BCUT2D eigenvalue weighted by molar-refractivity contribution is -0.144. The lowest BCUT2D eigenvalue weighted by atomic mass is 9.55. The maximum atomic E-state index is 13.3. The number of allylic oxidation sites excluding steroid dienone is 1. The molecule has 21 heavy (non-hydrogen) atoms. The number of rotatable bonds is 1. The van der Waals surface area contributed by atoms with E-state index in [1.165, 1.54) is 11.8 Å². The second kappa shape index (κ2) is 4.94. The van der Waals surface area contributed by atoms with Crippen molar-refractivity contribution < 1.29 is 14.0 Å². The summed E-state index contributed by atoms with van der Waals surface area (Å²) < 4.78 is 13.3. The van der Waals surface area contributed by atoms with Crippen LogP contribution in [0, 0.1) is 28.1 Å². The van der Waals surface area contributed by atoms with Gasteiger partial charge >= 0.3 is 0 Å². The first-order valence-corrected chi connectivity index (χ1v) is 7.24. The molecule has 0 unspecified atom stereocenters. The minimum absolute atomic E-state index is 0.0496. The van der Waals surface area contributed by atoms with Gasteiger partial charge in [0.15, 0.2) is 12.0 Å².